The van der Waals surface area contributed by atoms with Gasteiger partial charge in [-0.3, -0.25) is 9.59 Å². The minimum absolute atomic E-state index is 0.0498. The predicted octanol–water partition coefficient (Wildman–Crippen LogP) is 5.03. The summed E-state index contributed by atoms with van der Waals surface area (Å²) in [5.41, 5.74) is -0.946. The molecule has 4 aromatic rings. The van der Waals surface area contributed by atoms with E-state index in [1.54, 1.807) is 35.2 Å². The first kappa shape index (κ1) is 28.1. The standard InChI is InChI=1S/C29H29F3N6O3/c1-28(27-35-34-26(41-27)20-9-4-2-5-10-20)14-17-37(18-15-28)23(39)13-8-16-33-25(40)22-19-38(21-11-6-3-7-12-21)36-24(22)29(30,31)32/h2-7,9-12,19H,8,13-18H2,1H3,(H,33,40). The summed E-state index contributed by atoms with van der Waals surface area (Å²) in [6, 6.07) is 17.7. The number of benzene rings is 2. The lowest BCUT2D eigenvalue weighted by Crippen LogP contribution is -2.44. The molecule has 0 radical (unpaired) electrons. The largest absolute Gasteiger partial charge is 0.435 e. The Labute approximate surface area is 234 Å². The third kappa shape index (κ3) is 6.31. The zero-order valence-corrected chi connectivity index (χ0v) is 22.4. The molecule has 1 fully saturated rings. The Morgan fingerprint density at radius 1 is 1.00 bits per heavy atom. The van der Waals surface area contributed by atoms with Crippen LogP contribution in [0, 0.1) is 0 Å². The molecule has 0 unspecified atom stereocenters. The predicted molar refractivity (Wildman–Crippen MR) is 143 cm³/mol. The van der Waals surface area contributed by atoms with Gasteiger partial charge in [-0.05, 0) is 43.5 Å². The van der Waals surface area contributed by atoms with Gasteiger partial charge in [0.05, 0.1) is 11.3 Å². The van der Waals surface area contributed by atoms with Gasteiger partial charge in [0, 0.05) is 43.2 Å². The molecule has 1 aliphatic rings. The maximum Gasteiger partial charge on any atom is 0.435 e. The Morgan fingerprint density at radius 3 is 2.32 bits per heavy atom. The normalized spacial score (nSPS) is 15.1. The Bertz CT molecular complexity index is 1490. The summed E-state index contributed by atoms with van der Waals surface area (Å²) in [5, 5.41) is 14.5. The quantitative estimate of drug-likeness (QED) is 0.300. The van der Waals surface area contributed by atoms with Gasteiger partial charge in [-0.1, -0.05) is 43.3 Å². The highest BCUT2D eigenvalue weighted by atomic mass is 19.4. The highest BCUT2D eigenvalue weighted by Crippen LogP contribution is 2.36. The highest BCUT2D eigenvalue weighted by Gasteiger charge is 2.40. The van der Waals surface area contributed by atoms with E-state index in [0.717, 1.165) is 16.4 Å². The molecule has 2 aromatic heterocycles. The Kier molecular flexibility index (Phi) is 7.91. The summed E-state index contributed by atoms with van der Waals surface area (Å²) in [6.07, 6.45) is -1.98. The van der Waals surface area contributed by atoms with Crippen molar-refractivity contribution in [3.8, 4) is 17.1 Å². The Hall–Kier alpha value is -4.48. The molecule has 1 N–H and O–H groups in total. The minimum Gasteiger partial charge on any atom is -0.420 e. The molecule has 0 bridgehead atoms. The second-order valence-corrected chi connectivity index (χ2v) is 10.2. The molecule has 2 amide bonds. The summed E-state index contributed by atoms with van der Waals surface area (Å²) in [4.78, 5) is 27.2. The van der Waals surface area contributed by atoms with Crippen molar-refractivity contribution in [3.63, 3.8) is 0 Å². The molecule has 41 heavy (non-hydrogen) atoms. The van der Waals surface area contributed by atoms with Gasteiger partial charge in [-0.15, -0.1) is 10.2 Å². The van der Waals surface area contributed by atoms with Gasteiger partial charge < -0.3 is 14.6 Å². The number of hydrogen-bond acceptors (Lipinski definition) is 6. The number of piperidine rings is 1. The van der Waals surface area contributed by atoms with Crippen LogP contribution in [0.3, 0.4) is 0 Å². The van der Waals surface area contributed by atoms with E-state index in [1.165, 1.54) is 0 Å². The second-order valence-electron chi connectivity index (χ2n) is 10.2. The van der Waals surface area contributed by atoms with Crippen molar-refractivity contribution in [1.82, 2.24) is 30.2 Å². The van der Waals surface area contributed by atoms with Crippen molar-refractivity contribution >= 4 is 11.8 Å². The van der Waals surface area contributed by atoms with Crippen molar-refractivity contribution in [3.05, 3.63) is 84.0 Å². The topological polar surface area (TPSA) is 106 Å². The first-order valence-electron chi connectivity index (χ1n) is 13.3. The van der Waals surface area contributed by atoms with Crippen LogP contribution in [0.4, 0.5) is 13.2 Å². The number of aromatic nitrogens is 4. The minimum atomic E-state index is -4.80. The average Bonchev–Trinajstić information content (AvgIpc) is 3.66. The number of hydrogen-bond donors (Lipinski definition) is 1. The summed E-state index contributed by atoms with van der Waals surface area (Å²) < 4.78 is 47.7. The average molecular weight is 567 g/mol. The summed E-state index contributed by atoms with van der Waals surface area (Å²) in [7, 11) is 0. The van der Waals surface area contributed by atoms with Gasteiger partial charge in [-0.25, -0.2) is 4.68 Å². The number of likely N-dealkylation sites (tertiary alicyclic amines) is 1. The smallest absolute Gasteiger partial charge is 0.420 e. The third-order valence-corrected chi connectivity index (χ3v) is 7.28. The molecule has 0 saturated carbocycles. The van der Waals surface area contributed by atoms with Crippen LogP contribution >= 0.6 is 0 Å². The monoisotopic (exact) mass is 566 g/mol. The Morgan fingerprint density at radius 2 is 1.66 bits per heavy atom. The van der Waals surface area contributed by atoms with Crippen molar-refractivity contribution in [2.24, 2.45) is 0 Å². The molecule has 1 aliphatic heterocycles. The summed E-state index contributed by atoms with van der Waals surface area (Å²) in [5.74, 6) is 0.0249. The van der Waals surface area contributed by atoms with E-state index in [9.17, 15) is 22.8 Å². The maximum atomic E-state index is 13.6. The molecule has 214 valence electrons. The number of amides is 2. The van der Waals surface area contributed by atoms with E-state index in [0.29, 0.717) is 43.4 Å². The first-order valence-corrected chi connectivity index (χ1v) is 13.3. The van der Waals surface area contributed by atoms with Crippen molar-refractivity contribution in [1.29, 1.82) is 0 Å². The summed E-state index contributed by atoms with van der Waals surface area (Å²) in [6.45, 7) is 3.12. The van der Waals surface area contributed by atoms with E-state index in [1.807, 2.05) is 37.3 Å². The zero-order valence-electron chi connectivity index (χ0n) is 22.4. The van der Waals surface area contributed by atoms with E-state index in [4.69, 9.17) is 4.42 Å². The molecule has 9 nitrogen and oxygen atoms in total. The molecular weight excluding hydrogens is 537 g/mol. The molecule has 2 aromatic carbocycles. The van der Waals surface area contributed by atoms with Crippen molar-refractivity contribution in [2.75, 3.05) is 19.6 Å². The van der Waals surface area contributed by atoms with Crippen LogP contribution in [0.5, 0.6) is 0 Å². The molecule has 0 spiro atoms. The SMILES string of the molecule is CC1(c2nnc(-c3ccccc3)o2)CCN(C(=O)CCCNC(=O)c2cn(-c3ccccc3)nc2C(F)(F)F)CC1. The molecule has 1 saturated heterocycles. The van der Waals surface area contributed by atoms with Crippen LogP contribution in [0.1, 0.15) is 54.5 Å². The van der Waals surface area contributed by atoms with Crippen LogP contribution in [-0.4, -0.2) is 56.3 Å². The molecule has 0 aliphatic carbocycles. The molecular formula is C29H29F3N6O3. The number of nitrogens with zero attached hydrogens (tertiary/aromatic N) is 5. The fourth-order valence-electron chi connectivity index (χ4n) is 4.79. The van der Waals surface area contributed by atoms with Crippen LogP contribution in [0.2, 0.25) is 0 Å². The lowest BCUT2D eigenvalue weighted by molar-refractivity contribution is -0.141. The van der Waals surface area contributed by atoms with Crippen LogP contribution < -0.4 is 5.32 Å². The van der Waals surface area contributed by atoms with Gasteiger partial charge >= 0.3 is 6.18 Å². The van der Waals surface area contributed by atoms with Gasteiger partial charge in [0.25, 0.3) is 5.91 Å². The third-order valence-electron chi connectivity index (χ3n) is 7.28. The number of carbonyl (C=O) groups is 2. The first-order chi connectivity index (χ1) is 19.6. The van der Waals surface area contributed by atoms with Gasteiger partial charge in [0.15, 0.2) is 5.69 Å². The molecule has 3 heterocycles. The van der Waals surface area contributed by atoms with Crippen LogP contribution in [-0.2, 0) is 16.4 Å². The van der Waals surface area contributed by atoms with Crippen molar-refractivity contribution in [2.45, 2.75) is 44.2 Å². The summed E-state index contributed by atoms with van der Waals surface area (Å²) >= 11 is 0. The molecule has 0 atom stereocenters. The number of alkyl halides is 3. The lowest BCUT2D eigenvalue weighted by atomic mass is 9.80. The van der Waals surface area contributed by atoms with Gasteiger partial charge in [-0.2, -0.15) is 18.3 Å². The van der Waals surface area contributed by atoms with E-state index < -0.39 is 23.3 Å². The highest BCUT2D eigenvalue weighted by molar-refractivity contribution is 5.95. The fraction of sp³-hybridized carbons (Fsp3) is 0.345. The number of para-hydroxylation sites is 1. The van der Waals surface area contributed by atoms with E-state index >= 15 is 0 Å². The lowest BCUT2D eigenvalue weighted by Gasteiger charge is -2.37. The fourth-order valence-corrected chi connectivity index (χ4v) is 4.79. The van der Waals surface area contributed by atoms with Gasteiger partial charge in [0.2, 0.25) is 17.7 Å². The maximum absolute atomic E-state index is 13.6. The van der Waals surface area contributed by atoms with E-state index in [2.05, 4.69) is 20.6 Å². The number of carbonyl (C=O) groups excluding carboxylic acids is 2. The Balaban J connectivity index is 1.11. The van der Waals surface area contributed by atoms with Crippen LogP contribution in [0.15, 0.2) is 71.3 Å². The number of halogens is 3. The zero-order chi connectivity index (χ0) is 29.0. The van der Waals surface area contributed by atoms with Gasteiger partial charge in [0.1, 0.15) is 0 Å². The molecule has 12 heteroatoms. The van der Waals surface area contributed by atoms with E-state index in [-0.39, 0.29) is 30.7 Å². The molecule has 5 rings (SSSR count). The number of rotatable bonds is 8. The van der Waals surface area contributed by atoms with Crippen molar-refractivity contribution < 1.29 is 27.2 Å². The number of nitrogens with one attached hydrogen (secondary N) is 1. The second kappa shape index (κ2) is 11.6. The van der Waals surface area contributed by atoms with Crippen LogP contribution in [0.25, 0.3) is 17.1 Å².